The van der Waals surface area contributed by atoms with E-state index in [9.17, 15) is 20.1 Å². The molecule has 0 radical (unpaired) electrons. The Morgan fingerprint density at radius 1 is 1.12 bits per heavy atom. The molecule has 0 saturated carbocycles. The summed E-state index contributed by atoms with van der Waals surface area (Å²) in [6, 6.07) is 6.09. The first-order chi connectivity index (χ1) is 12.0. The number of ether oxygens (including phenoxy) is 3. The lowest BCUT2D eigenvalue weighted by molar-refractivity contribution is 0.0824. The summed E-state index contributed by atoms with van der Waals surface area (Å²) >= 11 is 0. The first-order valence-corrected chi connectivity index (χ1v) is 7.62. The third-order valence-corrected chi connectivity index (χ3v) is 4.19. The van der Waals surface area contributed by atoms with E-state index in [0.717, 1.165) is 5.56 Å². The molecule has 3 rings (SSSR count). The normalized spacial score (nSPS) is 16.1. The Bertz CT molecular complexity index is 829. The van der Waals surface area contributed by atoms with E-state index in [4.69, 9.17) is 14.2 Å². The summed E-state index contributed by atoms with van der Waals surface area (Å²) < 4.78 is 15.5. The summed E-state index contributed by atoms with van der Waals surface area (Å²) in [5.74, 6) is -1.27. The highest BCUT2D eigenvalue weighted by molar-refractivity contribution is 6.05. The van der Waals surface area contributed by atoms with Crippen LogP contribution in [-0.4, -0.2) is 41.9 Å². The van der Waals surface area contributed by atoms with Crippen LogP contribution in [0, 0.1) is 5.92 Å². The van der Waals surface area contributed by atoms with Crippen molar-refractivity contribution in [1.29, 1.82) is 0 Å². The fraction of sp³-hybridized carbons (Fsp3) is 0.278. The fourth-order valence-corrected chi connectivity index (χ4v) is 2.92. The average molecular weight is 346 g/mol. The minimum atomic E-state index is -0.526. The molecule has 0 amide bonds. The number of carbonyl (C=O) groups is 1. The van der Waals surface area contributed by atoms with Gasteiger partial charge in [-0.3, -0.25) is 4.79 Å². The van der Waals surface area contributed by atoms with E-state index < -0.39 is 11.7 Å². The Hall–Kier alpha value is -3.09. The zero-order valence-electron chi connectivity index (χ0n) is 13.8. The molecular formula is C18H18O7. The molecule has 7 heteroatoms. The van der Waals surface area contributed by atoms with Crippen LogP contribution in [0.5, 0.6) is 34.5 Å². The van der Waals surface area contributed by atoms with Gasteiger partial charge in [-0.1, -0.05) is 6.07 Å². The van der Waals surface area contributed by atoms with Crippen LogP contribution in [0.3, 0.4) is 0 Å². The van der Waals surface area contributed by atoms with Gasteiger partial charge in [-0.05, 0) is 24.1 Å². The maximum Gasteiger partial charge on any atom is 0.203 e. The van der Waals surface area contributed by atoms with Crippen molar-refractivity contribution in [3.05, 3.63) is 35.4 Å². The summed E-state index contributed by atoms with van der Waals surface area (Å²) in [4.78, 5) is 12.8. The largest absolute Gasteiger partial charge is 0.504 e. The van der Waals surface area contributed by atoms with Crippen LogP contribution >= 0.6 is 0 Å². The van der Waals surface area contributed by atoms with Crippen LogP contribution in [0.1, 0.15) is 15.9 Å². The number of ketones is 1. The maximum atomic E-state index is 12.8. The molecule has 1 aliphatic rings. The van der Waals surface area contributed by atoms with Gasteiger partial charge in [-0.2, -0.15) is 0 Å². The summed E-state index contributed by atoms with van der Waals surface area (Å²) in [7, 11) is 2.73. The van der Waals surface area contributed by atoms with E-state index in [1.807, 2.05) is 0 Å². The number of phenolic OH excluding ortho intramolecular Hbond substituents is 3. The molecular weight excluding hydrogens is 328 g/mol. The Kier molecular flexibility index (Phi) is 4.31. The number of hydrogen-bond acceptors (Lipinski definition) is 7. The number of carbonyl (C=O) groups excluding carboxylic acids is 1. The first-order valence-electron chi connectivity index (χ1n) is 7.62. The lowest BCUT2D eigenvalue weighted by Crippen LogP contribution is -2.29. The zero-order chi connectivity index (χ0) is 18.1. The molecule has 0 spiro atoms. The number of Topliss-reactive ketones (excluding diaryl/α,β-unsaturated/α-hetero) is 1. The first kappa shape index (κ1) is 16.8. The Morgan fingerprint density at radius 2 is 1.88 bits per heavy atom. The van der Waals surface area contributed by atoms with Gasteiger partial charge in [-0.25, -0.2) is 0 Å². The van der Waals surface area contributed by atoms with Crippen LogP contribution in [0.25, 0.3) is 0 Å². The molecule has 0 aliphatic carbocycles. The topological polar surface area (TPSA) is 105 Å². The van der Waals surface area contributed by atoms with Gasteiger partial charge >= 0.3 is 0 Å². The van der Waals surface area contributed by atoms with Gasteiger partial charge in [0.25, 0.3) is 0 Å². The van der Waals surface area contributed by atoms with Gasteiger partial charge in [0.1, 0.15) is 11.3 Å². The van der Waals surface area contributed by atoms with E-state index in [1.54, 1.807) is 12.1 Å². The lowest BCUT2D eigenvalue weighted by atomic mass is 9.88. The molecule has 7 nitrogen and oxygen atoms in total. The summed E-state index contributed by atoms with van der Waals surface area (Å²) in [5, 5.41) is 29.7. The molecule has 1 aliphatic heterocycles. The highest BCUT2D eigenvalue weighted by atomic mass is 16.5. The molecule has 0 bridgehead atoms. The third kappa shape index (κ3) is 2.88. The van der Waals surface area contributed by atoms with Crippen molar-refractivity contribution in [2.24, 2.45) is 5.92 Å². The van der Waals surface area contributed by atoms with Gasteiger partial charge < -0.3 is 29.5 Å². The lowest BCUT2D eigenvalue weighted by Gasteiger charge is -2.25. The molecule has 3 N–H and O–H groups in total. The molecule has 0 aromatic heterocycles. The Labute approximate surface area is 144 Å². The van der Waals surface area contributed by atoms with Crippen LogP contribution in [-0.2, 0) is 6.42 Å². The number of methoxy groups -OCH3 is 2. The van der Waals surface area contributed by atoms with Crippen LogP contribution < -0.4 is 14.2 Å². The van der Waals surface area contributed by atoms with Gasteiger partial charge in [0.15, 0.2) is 28.8 Å². The molecule has 132 valence electrons. The Balaban J connectivity index is 1.92. The molecule has 1 atom stereocenters. The number of hydrogen-bond donors (Lipinski definition) is 3. The summed E-state index contributed by atoms with van der Waals surface area (Å²) in [6.45, 7) is 0.111. The van der Waals surface area contributed by atoms with Gasteiger partial charge in [0, 0.05) is 6.07 Å². The van der Waals surface area contributed by atoms with Crippen LogP contribution in [0.2, 0.25) is 0 Å². The highest BCUT2D eigenvalue weighted by Crippen LogP contribution is 2.46. The van der Waals surface area contributed by atoms with Crippen molar-refractivity contribution >= 4 is 5.78 Å². The van der Waals surface area contributed by atoms with Crippen molar-refractivity contribution in [2.75, 3.05) is 20.8 Å². The van der Waals surface area contributed by atoms with Gasteiger partial charge in [0.2, 0.25) is 5.75 Å². The summed E-state index contributed by atoms with van der Waals surface area (Å²) in [6.07, 6.45) is 0.345. The van der Waals surface area contributed by atoms with Crippen molar-refractivity contribution in [1.82, 2.24) is 0 Å². The molecule has 0 fully saturated rings. The number of phenols is 3. The van der Waals surface area contributed by atoms with E-state index >= 15 is 0 Å². The maximum absolute atomic E-state index is 12.8. The standard InChI is InChI=1S/C18H18O7/c1-23-13-6-9(3-4-11(13)19)5-10-8-25-14-7-12(20)18(24-2)17(22)15(14)16(10)21/h3-4,6-7,10,19-20,22H,5,8H2,1-2H3. The monoisotopic (exact) mass is 346 g/mol. The predicted octanol–water partition coefficient (Wildman–Crippen LogP) is 2.25. The molecule has 0 saturated heterocycles. The predicted molar refractivity (Wildman–Crippen MR) is 88.0 cm³/mol. The van der Waals surface area contributed by atoms with Gasteiger partial charge in [0.05, 0.1) is 26.7 Å². The molecule has 2 aromatic rings. The van der Waals surface area contributed by atoms with E-state index in [-0.39, 0.29) is 41.0 Å². The van der Waals surface area contributed by atoms with Crippen molar-refractivity contribution < 1.29 is 34.3 Å². The summed E-state index contributed by atoms with van der Waals surface area (Å²) in [5.41, 5.74) is 0.780. The second-order valence-corrected chi connectivity index (χ2v) is 5.73. The van der Waals surface area contributed by atoms with E-state index in [0.29, 0.717) is 12.2 Å². The second kappa shape index (κ2) is 6.43. The fourth-order valence-electron chi connectivity index (χ4n) is 2.92. The number of rotatable bonds is 4. The second-order valence-electron chi connectivity index (χ2n) is 5.73. The Morgan fingerprint density at radius 3 is 2.56 bits per heavy atom. The minimum Gasteiger partial charge on any atom is -0.504 e. The number of fused-ring (bicyclic) bond motifs is 1. The molecule has 2 aromatic carbocycles. The van der Waals surface area contributed by atoms with Crippen molar-refractivity contribution in [3.8, 4) is 34.5 Å². The van der Waals surface area contributed by atoms with Crippen molar-refractivity contribution in [3.63, 3.8) is 0 Å². The molecule has 25 heavy (non-hydrogen) atoms. The SMILES string of the molecule is COc1cc(CC2COc3cc(O)c(OC)c(O)c3C2=O)ccc1O. The van der Waals surface area contributed by atoms with Gasteiger partial charge in [-0.15, -0.1) is 0 Å². The van der Waals surface area contributed by atoms with Crippen molar-refractivity contribution in [2.45, 2.75) is 6.42 Å². The van der Waals surface area contributed by atoms with E-state index in [1.165, 1.54) is 26.4 Å². The molecule has 1 unspecified atom stereocenters. The number of benzene rings is 2. The average Bonchev–Trinajstić information content (AvgIpc) is 2.59. The highest BCUT2D eigenvalue weighted by Gasteiger charge is 2.34. The number of aromatic hydroxyl groups is 3. The third-order valence-electron chi connectivity index (χ3n) is 4.19. The quantitative estimate of drug-likeness (QED) is 0.780. The van der Waals surface area contributed by atoms with Crippen LogP contribution in [0.15, 0.2) is 24.3 Å². The smallest absolute Gasteiger partial charge is 0.203 e. The van der Waals surface area contributed by atoms with Crippen LogP contribution in [0.4, 0.5) is 0 Å². The molecule has 1 heterocycles. The zero-order valence-corrected chi connectivity index (χ0v) is 13.8. The van der Waals surface area contributed by atoms with E-state index in [2.05, 4.69) is 0 Å². The minimum absolute atomic E-state index is 0.00311.